The number of halogens is 3. The number of carbonyl (C=O) groups is 2. The third-order valence-electron chi connectivity index (χ3n) is 6.86. The smallest absolute Gasteiger partial charge is 0.416 e. The number of rotatable bonds is 3. The minimum atomic E-state index is -4.46. The minimum Gasteiger partial charge on any atom is -0.416 e. The standard InChI is InChI=1S/C31H16F3N3O3/c32-31(33,34)20-12-10-17(11-13-20)29-36-28-30(40-29)35-25(37(28)21-8-2-1-3-9-21)16-24-26(38)22-14-18-6-4-5-7-19(18)15-23(22)27(24)39/h1-16H. The van der Waals surface area contributed by atoms with E-state index in [0.29, 0.717) is 22.4 Å². The summed E-state index contributed by atoms with van der Waals surface area (Å²) in [5.41, 5.74) is 1.23. The van der Waals surface area contributed by atoms with Gasteiger partial charge in [0.25, 0.3) is 5.71 Å². The summed E-state index contributed by atoms with van der Waals surface area (Å²) >= 11 is 0. The highest BCUT2D eigenvalue weighted by Gasteiger charge is 2.34. The highest BCUT2D eigenvalue weighted by atomic mass is 19.4. The van der Waals surface area contributed by atoms with Crippen molar-refractivity contribution >= 4 is 39.8 Å². The van der Waals surface area contributed by atoms with E-state index in [0.717, 1.165) is 22.9 Å². The Kier molecular flexibility index (Phi) is 5.11. The van der Waals surface area contributed by atoms with Gasteiger partial charge < -0.3 is 4.42 Å². The summed E-state index contributed by atoms with van der Waals surface area (Å²) in [5, 5.41) is 1.71. The van der Waals surface area contributed by atoms with Gasteiger partial charge in [-0.2, -0.15) is 23.1 Å². The summed E-state index contributed by atoms with van der Waals surface area (Å²) in [6.45, 7) is 0. The van der Waals surface area contributed by atoms with Crippen LogP contribution in [0.4, 0.5) is 13.2 Å². The molecule has 0 atom stereocenters. The number of carbonyl (C=O) groups excluding carboxylic acids is 2. The first kappa shape index (κ1) is 23.8. The lowest BCUT2D eigenvalue weighted by Crippen LogP contribution is -2.04. The lowest BCUT2D eigenvalue weighted by atomic mass is 10.0. The second-order valence-corrected chi connectivity index (χ2v) is 9.33. The molecular weight excluding hydrogens is 519 g/mol. The van der Waals surface area contributed by atoms with Crippen LogP contribution in [0.5, 0.6) is 0 Å². The lowest BCUT2D eigenvalue weighted by molar-refractivity contribution is -0.137. The maximum atomic E-state index is 13.3. The second-order valence-electron chi connectivity index (χ2n) is 9.33. The van der Waals surface area contributed by atoms with Crippen molar-refractivity contribution in [3.8, 4) is 17.1 Å². The molecular formula is C31H16F3N3O3. The van der Waals surface area contributed by atoms with Crippen LogP contribution in [-0.2, 0) is 6.18 Å². The molecule has 40 heavy (non-hydrogen) atoms. The number of fused-ring (bicyclic) bond motifs is 3. The molecule has 0 spiro atoms. The first-order chi connectivity index (χ1) is 19.3. The predicted molar refractivity (Wildman–Crippen MR) is 142 cm³/mol. The van der Waals surface area contributed by atoms with Gasteiger partial charge in [-0.1, -0.05) is 42.5 Å². The van der Waals surface area contributed by atoms with Gasteiger partial charge in [-0.25, -0.2) is 0 Å². The maximum Gasteiger partial charge on any atom is 0.416 e. The van der Waals surface area contributed by atoms with Gasteiger partial charge in [0.1, 0.15) is 5.82 Å². The molecule has 0 N–H and O–H groups in total. The molecule has 7 rings (SSSR count). The van der Waals surface area contributed by atoms with Gasteiger partial charge in [0.05, 0.1) is 11.1 Å². The summed E-state index contributed by atoms with van der Waals surface area (Å²) in [6.07, 6.45) is -3.04. The number of oxazole rings is 1. The molecule has 0 aliphatic heterocycles. The van der Waals surface area contributed by atoms with E-state index in [1.54, 1.807) is 28.8 Å². The number of para-hydroxylation sites is 1. The second kappa shape index (κ2) is 8.60. The number of imidazole rings is 1. The van der Waals surface area contributed by atoms with Crippen LogP contribution in [-0.4, -0.2) is 26.1 Å². The van der Waals surface area contributed by atoms with Crippen molar-refractivity contribution in [2.45, 2.75) is 6.18 Å². The van der Waals surface area contributed by atoms with E-state index in [4.69, 9.17) is 4.42 Å². The van der Waals surface area contributed by atoms with Crippen molar-refractivity contribution in [2.24, 2.45) is 0 Å². The summed E-state index contributed by atoms with van der Waals surface area (Å²) in [4.78, 5) is 35.7. The fourth-order valence-corrected chi connectivity index (χ4v) is 4.91. The van der Waals surface area contributed by atoms with E-state index < -0.39 is 23.3 Å². The number of aromatic nitrogens is 3. The van der Waals surface area contributed by atoms with Crippen LogP contribution >= 0.6 is 0 Å². The zero-order valence-electron chi connectivity index (χ0n) is 20.4. The molecule has 0 saturated carbocycles. The van der Waals surface area contributed by atoms with Crippen molar-refractivity contribution in [1.82, 2.24) is 14.5 Å². The van der Waals surface area contributed by atoms with Gasteiger partial charge in [-0.3, -0.25) is 14.2 Å². The third-order valence-corrected chi connectivity index (χ3v) is 6.86. The monoisotopic (exact) mass is 535 g/mol. The molecule has 194 valence electrons. The average molecular weight is 535 g/mol. The molecule has 1 aliphatic rings. The van der Waals surface area contributed by atoms with E-state index in [1.807, 2.05) is 42.5 Å². The summed E-state index contributed by atoms with van der Waals surface area (Å²) < 4.78 is 46.5. The maximum absolute atomic E-state index is 13.3. The Morgan fingerprint density at radius 3 is 1.95 bits per heavy atom. The SMILES string of the molecule is O=C1C(=Cc2nc3oc(-c4ccc(C(F)(F)F)cc4)nc3n2-c2ccccc2)C(=O)c2cc3ccccc3cc21. The number of ketones is 2. The van der Waals surface area contributed by atoms with Crippen LogP contribution < -0.4 is 0 Å². The number of alkyl halides is 3. The van der Waals surface area contributed by atoms with Crippen LogP contribution in [0.1, 0.15) is 32.1 Å². The van der Waals surface area contributed by atoms with Gasteiger partial charge in [0, 0.05) is 22.4 Å². The Hall–Kier alpha value is -5.31. The average Bonchev–Trinajstić information content (AvgIpc) is 3.58. The molecule has 0 bridgehead atoms. The van der Waals surface area contributed by atoms with Crippen LogP contribution in [0.3, 0.4) is 0 Å². The van der Waals surface area contributed by atoms with Crippen LogP contribution in [0, 0.1) is 0 Å². The number of hydrogen-bond acceptors (Lipinski definition) is 5. The molecule has 9 heteroatoms. The Morgan fingerprint density at radius 2 is 1.35 bits per heavy atom. The summed E-state index contributed by atoms with van der Waals surface area (Å²) in [6, 6.07) is 24.4. The fraction of sp³-hybridized carbons (Fsp3) is 0.0323. The first-order valence-electron chi connectivity index (χ1n) is 12.2. The highest BCUT2D eigenvalue weighted by molar-refractivity contribution is 6.42. The lowest BCUT2D eigenvalue weighted by Gasteiger charge is -2.06. The molecule has 6 aromatic rings. The molecule has 0 unspecified atom stereocenters. The van der Waals surface area contributed by atoms with Gasteiger partial charge >= 0.3 is 6.18 Å². The number of Topliss-reactive ketones (excluding diaryl/α,β-unsaturated/α-hetero) is 2. The Morgan fingerprint density at radius 1 is 0.750 bits per heavy atom. The van der Waals surface area contributed by atoms with E-state index in [9.17, 15) is 22.8 Å². The first-order valence-corrected chi connectivity index (χ1v) is 12.2. The number of allylic oxidation sites excluding steroid dienone is 1. The van der Waals surface area contributed by atoms with E-state index in [2.05, 4.69) is 9.97 Å². The zero-order chi connectivity index (χ0) is 27.6. The Labute approximate surface area is 224 Å². The van der Waals surface area contributed by atoms with Crippen molar-refractivity contribution in [3.63, 3.8) is 0 Å². The molecule has 0 amide bonds. The molecule has 2 aromatic heterocycles. The van der Waals surface area contributed by atoms with E-state index in [-0.39, 0.29) is 28.6 Å². The molecule has 2 heterocycles. The molecule has 4 aromatic carbocycles. The fourth-order valence-electron chi connectivity index (χ4n) is 4.91. The van der Waals surface area contributed by atoms with Crippen molar-refractivity contribution in [1.29, 1.82) is 0 Å². The summed E-state index contributed by atoms with van der Waals surface area (Å²) in [5.74, 6) is -0.463. The van der Waals surface area contributed by atoms with Gasteiger partial charge in [-0.05, 0) is 65.4 Å². The summed E-state index contributed by atoms with van der Waals surface area (Å²) in [7, 11) is 0. The highest BCUT2D eigenvalue weighted by Crippen LogP contribution is 2.35. The Bertz CT molecular complexity index is 1960. The largest absolute Gasteiger partial charge is 0.416 e. The van der Waals surface area contributed by atoms with Crippen molar-refractivity contribution in [2.75, 3.05) is 0 Å². The normalized spacial score (nSPS) is 13.4. The van der Waals surface area contributed by atoms with E-state index >= 15 is 0 Å². The zero-order valence-corrected chi connectivity index (χ0v) is 20.4. The number of hydrogen-bond donors (Lipinski definition) is 0. The Balaban J connectivity index is 1.35. The molecule has 6 nitrogen and oxygen atoms in total. The van der Waals surface area contributed by atoms with Crippen LogP contribution in [0.2, 0.25) is 0 Å². The van der Waals surface area contributed by atoms with Crippen LogP contribution in [0.25, 0.3) is 45.4 Å². The van der Waals surface area contributed by atoms with Crippen molar-refractivity contribution in [3.05, 3.63) is 119 Å². The van der Waals surface area contributed by atoms with Gasteiger partial charge in [0.2, 0.25) is 11.5 Å². The predicted octanol–water partition coefficient (Wildman–Crippen LogP) is 7.32. The van der Waals surface area contributed by atoms with Crippen LogP contribution in [0.15, 0.2) is 101 Å². The van der Waals surface area contributed by atoms with Gasteiger partial charge in [0.15, 0.2) is 11.6 Å². The number of benzene rings is 4. The minimum absolute atomic E-state index is 0.0295. The molecule has 0 radical (unpaired) electrons. The molecule has 0 saturated heterocycles. The van der Waals surface area contributed by atoms with Crippen molar-refractivity contribution < 1.29 is 27.2 Å². The third kappa shape index (κ3) is 3.74. The van der Waals surface area contributed by atoms with E-state index in [1.165, 1.54) is 18.2 Å². The molecule has 0 fully saturated rings. The topological polar surface area (TPSA) is 78.0 Å². The number of nitrogens with zero attached hydrogens (tertiary/aromatic N) is 3. The quantitative estimate of drug-likeness (QED) is 0.175. The molecule has 1 aliphatic carbocycles. The van der Waals surface area contributed by atoms with Gasteiger partial charge in [-0.15, -0.1) is 0 Å².